The molecule has 0 bridgehead atoms. The van der Waals surface area contributed by atoms with Crippen LogP contribution in [0.25, 0.3) is 0 Å². The minimum Gasteiger partial charge on any atom is -0.393 e. The molecule has 1 aromatic rings. The molecule has 0 atom stereocenters. The summed E-state index contributed by atoms with van der Waals surface area (Å²) < 4.78 is 0. The second-order valence-electron chi connectivity index (χ2n) is 3.67. The van der Waals surface area contributed by atoms with E-state index >= 15 is 0 Å². The first-order valence-electron chi connectivity index (χ1n) is 5.42. The van der Waals surface area contributed by atoms with Gasteiger partial charge in [-0.2, -0.15) is 0 Å². The van der Waals surface area contributed by atoms with Crippen molar-refractivity contribution in [3.63, 3.8) is 0 Å². The summed E-state index contributed by atoms with van der Waals surface area (Å²) in [5.74, 6) is 1.05. The van der Waals surface area contributed by atoms with Gasteiger partial charge < -0.3 is 4.84 Å². The Hall–Kier alpha value is -1.03. The normalized spacial score (nSPS) is 11.3. The van der Waals surface area contributed by atoms with Crippen LogP contribution in [0, 0.1) is 6.92 Å². The van der Waals surface area contributed by atoms with Crippen LogP contribution in [0.1, 0.15) is 32.0 Å². The topological polar surface area (TPSA) is 34.5 Å². The highest BCUT2D eigenvalue weighted by atomic mass is 32.2. The number of oxime groups is 1. The Balaban J connectivity index is 2.74. The van der Waals surface area contributed by atoms with Gasteiger partial charge >= 0.3 is 0 Å². The second kappa shape index (κ2) is 6.53. The Morgan fingerprint density at radius 1 is 1.56 bits per heavy atom. The van der Waals surface area contributed by atoms with E-state index in [1.54, 1.807) is 18.0 Å². The molecule has 1 rings (SSSR count). The number of pyridine rings is 1. The molecule has 0 aliphatic carbocycles. The van der Waals surface area contributed by atoms with Crippen molar-refractivity contribution < 1.29 is 4.84 Å². The summed E-state index contributed by atoms with van der Waals surface area (Å²) in [5.41, 5.74) is 2.04. The molecule has 88 valence electrons. The van der Waals surface area contributed by atoms with Crippen molar-refractivity contribution in [2.75, 3.05) is 5.75 Å². The Morgan fingerprint density at radius 2 is 2.31 bits per heavy atom. The molecule has 3 nitrogen and oxygen atoms in total. The molecule has 4 heteroatoms. The van der Waals surface area contributed by atoms with Crippen LogP contribution in [-0.2, 0) is 4.84 Å². The zero-order chi connectivity index (χ0) is 12.0. The molecule has 0 amide bonds. The Bertz CT molecular complexity index is 364. The van der Waals surface area contributed by atoms with E-state index in [0.717, 1.165) is 17.0 Å². The third-order valence-electron chi connectivity index (χ3n) is 1.83. The Kier molecular flexibility index (Phi) is 5.32. The highest BCUT2D eigenvalue weighted by molar-refractivity contribution is 7.99. The third kappa shape index (κ3) is 4.23. The lowest BCUT2D eigenvalue weighted by Gasteiger charge is -2.04. The van der Waals surface area contributed by atoms with Gasteiger partial charge in [-0.25, -0.2) is 0 Å². The fourth-order valence-corrected chi connectivity index (χ4v) is 1.91. The maximum absolute atomic E-state index is 5.11. The molecule has 1 heterocycles. The number of rotatable bonds is 5. The minimum atomic E-state index is 0.110. The average molecular weight is 238 g/mol. The number of aryl methyl sites for hydroxylation is 1. The highest BCUT2D eigenvalue weighted by Gasteiger charge is 2.00. The molecular formula is C12H18N2OS. The fraction of sp³-hybridized carbons (Fsp3) is 0.500. The minimum absolute atomic E-state index is 0.110. The number of hydrogen-bond donors (Lipinski definition) is 0. The first-order valence-corrected chi connectivity index (χ1v) is 6.40. The molecule has 0 aliphatic rings. The van der Waals surface area contributed by atoms with E-state index in [0.29, 0.717) is 0 Å². The van der Waals surface area contributed by atoms with Crippen molar-refractivity contribution >= 4 is 18.0 Å². The van der Waals surface area contributed by atoms with E-state index in [1.165, 1.54) is 4.90 Å². The van der Waals surface area contributed by atoms with E-state index in [-0.39, 0.29) is 6.10 Å². The Labute approximate surface area is 101 Å². The molecule has 16 heavy (non-hydrogen) atoms. The first kappa shape index (κ1) is 13.0. The van der Waals surface area contributed by atoms with Gasteiger partial charge in [0.1, 0.15) is 6.10 Å². The van der Waals surface area contributed by atoms with Gasteiger partial charge in [0.15, 0.2) is 0 Å². The smallest absolute Gasteiger partial charge is 0.122 e. The van der Waals surface area contributed by atoms with Crippen LogP contribution in [0.4, 0.5) is 0 Å². The third-order valence-corrected chi connectivity index (χ3v) is 2.85. The zero-order valence-electron chi connectivity index (χ0n) is 10.2. The molecule has 0 saturated heterocycles. The van der Waals surface area contributed by atoms with Crippen LogP contribution in [0.2, 0.25) is 0 Å². The van der Waals surface area contributed by atoms with Crippen LogP contribution >= 0.6 is 11.8 Å². The predicted molar refractivity (Wildman–Crippen MR) is 69.2 cm³/mol. The lowest BCUT2D eigenvalue weighted by molar-refractivity contribution is 0.0873. The number of hydrogen-bond acceptors (Lipinski definition) is 4. The lowest BCUT2D eigenvalue weighted by Crippen LogP contribution is -1.97. The maximum Gasteiger partial charge on any atom is 0.122 e. The summed E-state index contributed by atoms with van der Waals surface area (Å²) in [7, 11) is 0. The summed E-state index contributed by atoms with van der Waals surface area (Å²) >= 11 is 1.79. The zero-order valence-corrected chi connectivity index (χ0v) is 11.0. The standard InChI is InChI=1S/C12H18N2OS/c1-5-16-12-6-11(7-13-10(12)4)8-14-15-9(2)3/h6-9H,5H2,1-4H3/b14-8+. The van der Waals surface area contributed by atoms with E-state index in [2.05, 4.69) is 23.1 Å². The van der Waals surface area contributed by atoms with E-state index in [9.17, 15) is 0 Å². The van der Waals surface area contributed by atoms with Crippen molar-refractivity contribution in [3.8, 4) is 0 Å². The summed E-state index contributed by atoms with van der Waals surface area (Å²) in [4.78, 5) is 10.6. The number of aromatic nitrogens is 1. The Morgan fingerprint density at radius 3 is 2.94 bits per heavy atom. The van der Waals surface area contributed by atoms with Crippen molar-refractivity contribution in [1.29, 1.82) is 0 Å². The average Bonchev–Trinajstić information content (AvgIpc) is 2.22. The van der Waals surface area contributed by atoms with Crippen molar-refractivity contribution in [3.05, 3.63) is 23.5 Å². The molecule has 0 aromatic carbocycles. The van der Waals surface area contributed by atoms with Crippen molar-refractivity contribution in [2.45, 2.75) is 38.7 Å². The summed E-state index contributed by atoms with van der Waals surface area (Å²) in [6, 6.07) is 2.09. The van der Waals surface area contributed by atoms with Crippen molar-refractivity contribution in [2.24, 2.45) is 5.16 Å². The van der Waals surface area contributed by atoms with Crippen LogP contribution in [0.5, 0.6) is 0 Å². The van der Waals surface area contributed by atoms with E-state index in [4.69, 9.17) is 4.84 Å². The van der Waals surface area contributed by atoms with Gasteiger partial charge in [-0.3, -0.25) is 4.98 Å². The van der Waals surface area contributed by atoms with E-state index < -0.39 is 0 Å². The molecule has 0 radical (unpaired) electrons. The predicted octanol–water partition coefficient (Wildman–Crippen LogP) is 3.26. The highest BCUT2D eigenvalue weighted by Crippen LogP contribution is 2.20. The first-order chi connectivity index (χ1) is 7.63. The molecule has 0 spiro atoms. The molecule has 0 saturated carbocycles. The number of thioether (sulfide) groups is 1. The van der Waals surface area contributed by atoms with Gasteiger partial charge in [-0.1, -0.05) is 12.1 Å². The molecular weight excluding hydrogens is 220 g/mol. The van der Waals surface area contributed by atoms with Crippen LogP contribution in [0.3, 0.4) is 0 Å². The summed E-state index contributed by atoms with van der Waals surface area (Å²) in [6.07, 6.45) is 3.62. The summed E-state index contributed by atoms with van der Waals surface area (Å²) in [6.45, 7) is 8.04. The van der Waals surface area contributed by atoms with Gasteiger partial charge in [-0.05, 0) is 32.6 Å². The molecule has 0 fully saturated rings. The monoisotopic (exact) mass is 238 g/mol. The van der Waals surface area contributed by atoms with Crippen LogP contribution < -0.4 is 0 Å². The maximum atomic E-state index is 5.11. The quantitative estimate of drug-likeness (QED) is 0.448. The van der Waals surface area contributed by atoms with Gasteiger partial charge in [0.25, 0.3) is 0 Å². The van der Waals surface area contributed by atoms with Gasteiger partial charge in [0.2, 0.25) is 0 Å². The van der Waals surface area contributed by atoms with Crippen molar-refractivity contribution in [1.82, 2.24) is 4.98 Å². The molecule has 0 unspecified atom stereocenters. The molecule has 1 aromatic heterocycles. The van der Waals surface area contributed by atoms with Gasteiger partial charge in [0, 0.05) is 16.7 Å². The molecule has 0 N–H and O–H groups in total. The van der Waals surface area contributed by atoms with Gasteiger partial charge in [0.05, 0.1) is 11.9 Å². The van der Waals surface area contributed by atoms with E-state index in [1.807, 2.05) is 27.0 Å². The van der Waals surface area contributed by atoms with Crippen LogP contribution in [0.15, 0.2) is 22.3 Å². The largest absolute Gasteiger partial charge is 0.393 e. The SMILES string of the molecule is CCSc1cc(/C=N/OC(C)C)cnc1C. The number of nitrogens with zero attached hydrogens (tertiary/aromatic N) is 2. The second-order valence-corrected chi connectivity index (χ2v) is 4.98. The lowest BCUT2D eigenvalue weighted by atomic mass is 10.3. The fourth-order valence-electron chi connectivity index (χ4n) is 1.11. The van der Waals surface area contributed by atoms with Crippen LogP contribution in [-0.4, -0.2) is 23.1 Å². The molecule has 0 aliphatic heterocycles. The van der Waals surface area contributed by atoms with Gasteiger partial charge in [-0.15, -0.1) is 11.8 Å². The summed E-state index contributed by atoms with van der Waals surface area (Å²) in [5, 5.41) is 3.90.